The molecule has 5 nitrogen and oxygen atoms in total. The lowest BCUT2D eigenvalue weighted by atomic mass is 9.98. The first-order chi connectivity index (χ1) is 12.5. The van der Waals surface area contributed by atoms with Crippen molar-refractivity contribution in [1.29, 1.82) is 0 Å². The number of carboxylic acid groups (broad SMARTS) is 1. The lowest BCUT2D eigenvalue weighted by Gasteiger charge is -2.29. The van der Waals surface area contributed by atoms with Gasteiger partial charge in [0.25, 0.3) is 0 Å². The van der Waals surface area contributed by atoms with Crippen LogP contribution in [0.2, 0.25) is 0 Å². The maximum Gasteiger partial charge on any atom is 0.325 e. The van der Waals surface area contributed by atoms with Crippen molar-refractivity contribution in [1.82, 2.24) is 14.8 Å². The Morgan fingerprint density at radius 1 is 1.19 bits per heavy atom. The number of carbonyl (C=O) groups is 1. The van der Waals surface area contributed by atoms with Crippen molar-refractivity contribution in [2.24, 2.45) is 0 Å². The molecule has 1 aromatic carbocycles. The molecule has 1 saturated heterocycles. The Hall–Kier alpha value is -2.24. The molecule has 0 aliphatic carbocycles. The fourth-order valence-corrected chi connectivity index (χ4v) is 3.78. The molecule has 26 heavy (non-hydrogen) atoms. The van der Waals surface area contributed by atoms with Crippen molar-refractivity contribution >= 4 is 5.97 Å². The van der Waals surface area contributed by atoms with Crippen LogP contribution in [0.5, 0.6) is 0 Å². The molecule has 2 heterocycles. The smallest absolute Gasteiger partial charge is 0.325 e. The molecule has 1 N–H and O–H groups in total. The Bertz CT molecular complexity index is 748. The zero-order valence-electron chi connectivity index (χ0n) is 15.6. The van der Waals surface area contributed by atoms with E-state index >= 15 is 0 Å². The van der Waals surface area contributed by atoms with Crippen molar-refractivity contribution in [3.63, 3.8) is 0 Å². The van der Waals surface area contributed by atoms with Gasteiger partial charge in [0.2, 0.25) is 0 Å². The first-order valence-electron chi connectivity index (χ1n) is 9.20. The minimum atomic E-state index is -0.766. The second-order valence-corrected chi connectivity index (χ2v) is 7.13. The van der Waals surface area contributed by atoms with Crippen LogP contribution in [0.3, 0.4) is 0 Å². The zero-order valence-corrected chi connectivity index (χ0v) is 15.6. The molecule has 0 saturated carbocycles. The molecule has 0 unspecified atom stereocenters. The number of hydrogen-bond acceptors (Lipinski definition) is 4. The van der Waals surface area contributed by atoms with Crippen LogP contribution in [0.1, 0.15) is 34.7 Å². The number of aromatic nitrogens is 1. The predicted molar refractivity (Wildman–Crippen MR) is 102 cm³/mol. The first-order valence-corrected chi connectivity index (χ1v) is 9.20. The molecule has 1 aliphatic rings. The summed E-state index contributed by atoms with van der Waals surface area (Å²) in [5.74, 6) is -0.766. The summed E-state index contributed by atoms with van der Waals surface area (Å²) in [5.41, 5.74) is 4.32. The molecular formula is C21H27N3O2. The summed E-state index contributed by atoms with van der Waals surface area (Å²) in [7, 11) is 0. The van der Waals surface area contributed by atoms with Gasteiger partial charge in [-0.25, -0.2) is 0 Å². The van der Waals surface area contributed by atoms with Gasteiger partial charge in [-0.3, -0.25) is 19.6 Å². The molecule has 1 atom stereocenters. The molecule has 0 spiro atoms. The van der Waals surface area contributed by atoms with E-state index in [2.05, 4.69) is 26.9 Å². The van der Waals surface area contributed by atoms with Gasteiger partial charge in [0.15, 0.2) is 0 Å². The highest BCUT2D eigenvalue weighted by Gasteiger charge is 2.30. The van der Waals surface area contributed by atoms with Crippen LogP contribution >= 0.6 is 0 Å². The van der Waals surface area contributed by atoms with E-state index < -0.39 is 12.0 Å². The third-order valence-corrected chi connectivity index (χ3v) is 5.07. The summed E-state index contributed by atoms with van der Waals surface area (Å²) in [4.78, 5) is 20.7. The maximum atomic E-state index is 12.1. The van der Waals surface area contributed by atoms with Crippen molar-refractivity contribution in [3.8, 4) is 0 Å². The van der Waals surface area contributed by atoms with Crippen molar-refractivity contribution in [2.75, 3.05) is 26.2 Å². The SMILES string of the molecule is Cc1ccc([C@H](C(=O)O)N2CCCN(Cc3cccnc3)CC2)c(C)c1. The van der Waals surface area contributed by atoms with Crippen molar-refractivity contribution < 1.29 is 9.90 Å². The first kappa shape index (κ1) is 18.5. The van der Waals surface area contributed by atoms with Crippen LogP contribution in [0.25, 0.3) is 0 Å². The van der Waals surface area contributed by atoms with E-state index in [9.17, 15) is 9.90 Å². The fraction of sp³-hybridized carbons (Fsp3) is 0.429. The third kappa shape index (κ3) is 4.48. The highest BCUT2D eigenvalue weighted by Crippen LogP contribution is 2.26. The summed E-state index contributed by atoms with van der Waals surface area (Å²) in [6.07, 6.45) is 4.66. The summed E-state index contributed by atoms with van der Waals surface area (Å²) >= 11 is 0. The predicted octanol–water partition coefficient (Wildman–Crippen LogP) is 3.03. The van der Waals surface area contributed by atoms with Crippen LogP contribution in [0.15, 0.2) is 42.7 Å². The van der Waals surface area contributed by atoms with E-state index in [1.807, 2.05) is 38.2 Å². The van der Waals surface area contributed by atoms with E-state index in [1.165, 1.54) is 5.56 Å². The quantitative estimate of drug-likeness (QED) is 0.895. The van der Waals surface area contributed by atoms with Gasteiger partial charge in [0, 0.05) is 38.6 Å². The van der Waals surface area contributed by atoms with E-state index in [1.54, 1.807) is 6.20 Å². The lowest BCUT2D eigenvalue weighted by Crippen LogP contribution is -2.37. The fourth-order valence-electron chi connectivity index (χ4n) is 3.78. The second-order valence-electron chi connectivity index (χ2n) is 7.13. The second kappa shape index (κ2) is 8.43. The van der Waals surface area contributed by atoms with Crippen LogP contribution < -0.4 is 0 Å². The number of rotatable bonds is 5. The Morgan fingerprint density at radius 3 is 2.73 bits per heavy atom. The monoisotopic (exact) mass is 353 g/mol. The van der Waals surface area contributed by atoms with Gasteiger partial charge in [-0.05, 0) is 49.6 Å². The number of hydrogen-bond donors (Lipinski definition) is 1. The van der Waals surface area contributed by atoms with Crippen LogP contribution in [0, 0.1) is 13.8 Å². The molecule has 0 radical (unpaired) electrons. The average Bonchev–Trinajstić information content (AvgIpc) is 2.83. The van der Waals surface area contributed by atoms with Crippen molar-refractivity contribution in [3.05, 3.63) is 65.0 Å². The van der Waals surface area contributed by atoms with Gasteiger partial charge >= 0.3 is 5.97 Å². The number of pyridine rings is 1. The molecule has 1 fully saturated rings. The third-order valence-electron chi connectivity index (χ3n) is 5.07. The molecule has 1 aromatic heterocycles. The van der Waals surface area contributed by atoms with Gasteiger partial charge in [-0.1, -0.05) is 29.8 Å². The summed E-state index contributed by atoms with van der Waals surface area (Å²) in [6.45, 7) is 8.30. The Balaban J connectivity index is 1.72. The average molecular weight is 353 g/mol. The van der Waals surface area contributed by atoms with Gasteiger partial charge in [-0.2, -0.15) is 0 Å². The van der Waals surface area contributed by atoms with E-state index in [0.717, 1.165) is 55.8 Å². The number of nitrogens with zero attached hydrogens (tertiary/aromatic N) is 3. The van der Waals surface area contributed by atoms with Gasteiger partial charge in [-0.15, -0.1) is 0 Å². The normalized spacial score (nSPS) is 17.6. The van der Waals surface area contributed by atoms with Crippen molar-refractivity contribution in [2.45, 2.75) is 32.9 Å². The van der Waals surface area contributed by atoms with Crippen LogP contribution in [-0.4, -0.2) is 52.0 Å². The van der Waals surface area contributed by atoms with Gasteiger partial charge < -0.3 is 5.11 Å². The van der Waals surface area contributed by atoms with E-state index in [-0.39, 0.29) is 0 Å². The lowest BCUT2D eigenvalue weighted by molar-refractivity contribution is -0.143. The number of carboxylic acids is 1. The minimum absolute atomic E-state index is 0.575. The largest absolute Gasteiger partial charge is 0.480 e. The molecule has 0 amide bonds. The molecule has 138 valence electrons. The summed E-state index contributed by atoms with van der Waals surface area (Å²) < 4.78 is 0. The molecule has 3 rings (SSSR count). The standard InChI is InChI=1S/C21H27N3O2/c1-16-6-7-19(17(2)13-16)20(21(25)26)24-10-4-9-23(11-12-24)15-18-5-3-8-22-14-18/h3,5-8,13-14,20H,4,9-12,15H2,1-2H3,(H,25,26)/t20-/m1/s1. The molecule has 1 aliphatic heterocycles. The Labute approximate surface area is 155 Å². The number of aliphatic carboxylic acids is 1. The summed E-state index contributed by atoms with van der Waals surface area (Å²) in [6, 6.07) is 9.52. The number of aryl methyl sites for hydroxylation is 2. The Kier molecular flexibility index (Phi) is 6.01. The van der Waals surface area contributed by atoms with Crippen LogP contribution in [-0.2, 0) is 11.3 Å². The highest BCUT2D eigenvalue weighted by molar-refractivity contribution is 5.76. The summed E-state index contributed by atoms with van der Waals surface area (Å²) in [5, 5.41) is 9.90. The minimum Gasteiger partial charge on any atom is -0.480 e. The zero-order chi connectivity index (χ0) is 18.5. The van der Waals surface area contributed by atoms with E-state index in [0.29, 0.717) is 0 Å². The van der Waals surface area contributed by atoms with E-state index in [4.69, 9.17) is 0 Å². The topological polar surface area (TPSA) is 56.7 Å². The molecule has 2 aromatic rings. The number of benzene rings is 1. The highest BCUT2D eigenvalue weighted by atomic mass is 16.4. The van der Waals surface area contributed by atoms with Crippen LogP contribution in [0.4, 0.5) is 0 Å². The molecule has 0 bridgehead atoms. The van der Waals surface area contributed by atoms with Gasteiger partial charge in [0.1, 0.15) is 6.04 Å². The Morgan fingerprint density at radius 2 is 2.04 bits per heavy atom. The molecular weight excluding hydrogens is 326 g/mol. The molecule has 5 heteroatoms. The van der Waals surface area contributed by atoms with Gasteiger partial charge in [0.05, 0.1) is 0 Å². The maximum absolute atomic E-state index is 12.1.